The predicted octanol–water partition coefficient (Wildman–Crippen LogP) is 0.685. The van der Waals surface area contributed by atoms with Crippen molar-refractivity contribution in [2.24, 2.45) is 17.6 Å². The summed E-state index contributed by atoms with van der Waals surface area (Å²) in [7, 11) is 2.89. The number of ketones is 2. The molecule has 1 aromatic carbocycles. The number of aromatic hydroxyl groups is 1. The van der Waals surface area contributed by atoms with Gasteiger partial charge in [0.15, 0.2) is 11.4 Å². The van der Waals surface area contributed by atoms with Crippen molar-refractivity contribution in [3.8, 4) is 5.75 Å². The third kappa shape index (κ3) is 4.18. The van der Waals surface area contributed by atoms with Crippen molar-refractivity contribution in [3.63, 3.8) is 0 Å². The molecular weight excluding hydrogens is 562 g/mol. The molecule has 43 heavy (non-hydrogen) atoms. The van der Waals surface area contributed by atoms with Crippen molar-refractivity contribution in [2.75, 3.05) is 26.0 Å². The van der Waals surface area contributed by atoms with Crippen LogP contribution in [0.2, 0.25) is 0 Å². The van der Waals surface area contributed by atoms with E-state index in [2.05, 4.69) is 5.32 Å². The van der Waals surface area contributed by atoms with Crippen molar-refractivity contribution in [1.29, 1.82) is 0 Å². The number of fused-ring (bicyclic) bond motifs is 3. The average molecular weight is 596 g/mol. The summed E-state index contributed by atoms with van der Waals surface area (Å²) in [6.07, 6.45) is 1.86. The number of nitrogens with one attached hydrogen (secondary N) is 1. The summed E-state index contributed by atoms with van der Waals surface area (Å²) in [5.41, 5.74) is 2.15. The molecule has 0 unspecified atom stereocenters. The van der Waals surface area contributed by atoms with Crippen LogP contribution < -0.4 is 11.1 Å². The number of aliphatic hydroxyl groups excluding tert-OH is 3. The van der Waals surface area contributed by atoms with Crippen molar-refractivity contribution >= 4 is 34.9 Å². The molecule has 6 atom stereocenters. The number of carbonyl (C=O) groups excluding carboxylic acids is 4. The van der Waals surface area contributed by atoms with Crippen LogP contribution in [-0.2, 0) is 23.9 Å². The molecule has 5 rings (SSSR count). The molecule has 4 aliphatic carbocycles. The molecule has 0 saturated heterocycles. The third-order valence-corrected chi connectivity index (χ3v) is 8.81. The highest BCUT2D eigenvalue weighted by molar-refractivity contribution is 6.24. The summed E-state index contributed by atoms with van der Waals surface area (Å²) in [5.74, 6) is -10.1. The minimum absolute atomic E-state index is 0.136. The van der Waals surface area contributed by atoms with Gasteiger partial charge in [-0.1, -0.05) is 19.1 Å². The maximum absolute atomic E-state index is 14.1. The van der Waals surface area contributed by atoms with Gasteiger partial charge in [-0.05, 0) is 44.6 Å². The fraction of sp³-hybridized carbons (Fsp3) is 0.400. The highest BCUT2D eigenvalue weighted by Crippen LogP contribution is 2.56. The lowest BCUT2D eigenvalue weighted by Gasteiger charge is -2.53. The van der Waals surface area contributed by atoms with E-state index in [0.29, 0.717) is 23.3 Å². The van der Waals surface area contributed by atoms with Crippen molar-refractivity contribution < 1.29 is 49.4 Å². The zero-order valence-corrected chi connectivity index (χ0v) is 23.9. The molecular formula is C30H33N3O10. The molecule has 0 bridgehead atoms. The number of primary amides is 1. The van der Waals surface area contributed by atoms with Crippen molar-refractivity contribution in [1.82, 2.24) is 4.90 Å². The Balaban J connectivity index is 1.63. The summed E-state index contributed by atoms with van der Waals surface area (Å²) in [5, 5.41) is 60.3. The number of hydrogen-bond acceptors (Lipinski definition) is 12. The number of Topliss-reactive ketones (excluding diaryl/α,β-unsaturated/α-hetero) is 2. The second kappa shape index (κ2) is 10.4. The van der Waals surface area contributed by atoms with Crippen LogP contribution in [0.4, 0.5) is 5.69 Å². The summed E-state index contributed by atoms with van der Waals surface area (Å²) < 4.78 is 5.01. The van der Waals surface area contributed by atoms with Crippen LogP contribution in [-0.4, -0.2) is 92.3 Å². The molecule has 1 saturated carbocycles. The number of ether oxygens (including phenoxy) is 1. The van der Waals surface area contributed by atoms with Gasteiger partial charge in [0.25, 0.3) is 5.91 Å². The minimum Gasteiger partial charge on any atom is -0.508 e. The smallest absolute Gasteiger partial charge is 0.337 e. The number of anilines is 1. The molecule has 228 valence electrons. The molecule has 1 fully saturated rings. The first-order valence-corrected chi connectivity index (χ1v) is 13.7. The molecule has 1 amide bonds. The number of nitrogens with zero attached hydrogens (tertiary/aromatic N) is 1. The van der Waals surface area contributed by atoms with E-state index in [4.69, 9.17) is 10.5 Å². The van der Waals surface area contributed by atoms with E-state index < -0.39 is 87.4 Å². The first-order valence-electron chi connectivity index (χ1n) is 13.7. The van der Waals surface area contributed by atoms with Crippen molar-refractivity contribution in [2.45, 2.75) is 43.9 Å². The van der Waals surface area contributed by atoms with Gasteiger partial charge in [0, 0.05) is 23.6 Å². The van der Waals surface area contributed by atoms with E-state index >= 15 is 0 Å². The van der Waals surface area contributed by atoms with Crippen LogP contribution in [0.25, 0.3) is 5.76 Å². The zero-order chi connectivity index (χ0) is 31.7. The van der Waals surface area contributed by atoms with E-state index in [0.717, 1.165) is 0 Å². The standard InChI is InChI=1S/C30H33N3O10/c1-5-43-29(41)12-6-7-13(10-12)32-15-9-8-14-11(2)16-18(23(35)17(14)22(15)34)26(38)30(42)20(24(16)36)21(33(3)4)25(37)19(27(30)39)28(31)40/h6,8-11,16,20-21,24,32,34-36,39,42H,5,7H2,1-4H3,(H2,31,40)/t11-,16+,20+,21-,24-,30-/m1/s1. The van der Waals surface area contributed by atoms with E-state index in [1.807, 2.05) is 0 Å². The number of phenols is 1. The number of amides is 1. The zero-order valence-electron chi connectivity index (χ0n) is 23.9. The fourth-order valence-electron chi connectivity index (χ4n) is 6.86. The molecule has 4 aliphatic rings. The Morgan fingerprint density at radius 3 is 2.47 bits per heavy atom. The highest BCUT2D eigenvalue weighted by Gasteiger charge is 2.68. The summed E-state index contributed by atoms with van der Waals surface area (Å²) in [4.78, 5) is 52.9. The number of nitrogens with two attached hydrogens (primary N) is 1. The van der Waals surface area contributed by atoms with Gasteiger partial charge in [0.1, 0.15) is 22.8 Å². The molecule has 0 aliphatic heterocycles. The Morgan fingerprint density at radius 1 is 1.19 bits per heavy atom. The molecule has 1 aromatic rings. The highest BCUT2D eigenvalue weighted by atomic mass is 16.5. The molecule has 13 heteroatoms. The van der Waals surface area contributed by atoms with Gasteiger partial charge in [-0.2, -0.15) is 0 Å². The maximum atomic E-state index is 14.1. The summed E-state index contributed by atoms with van der Waals surface area (Å²) >= 11 is 0. The normalized spacial score (nSPS) is 30.0. The molecule has 0 radical (unpaired) electrons. The number of carbonyl (C=O) groups is 4. The van der Waals surface area contributed by atoms with Crippen LogP contribution in [0.3, 0.4) is 0 Å². The third-order valence-electron chi connectivity index (χ3n) is 8.81. The molecule has 8 N–H and O–H groups in total. The number of hydrogen-bond donors (Lipinski definition) is 7. The molecule has 0 heterocycles. The quantitative estimate of drug-likeness (QED) is 0.137. The fourth-order valence-corrected chi connectivity index (χ4v) is 6.86. The number of esters is 1. The van der Waals surface area contributed by atoms with E-state index in [-0.39, 0.29) is 17.9 Å². The van der Waals surface area contributed by atoms with Gasteiger partial charge >= 0.3 is 5.97 Å². The predicted molar refractivity (Wildman–Crippen MR) is 151 cm³/mol. The van der Waals surface area contributed by atoms with E-state index in [1.165, 1.54) is 19.0 Å². The lowest BCUT2D eigenvalue weighted by Crippen LogP contribution is -2.70. The Bertz CT molecular complexity index is 1600. The van der Waals surface area contributed by atoms with Gasteiger partial charge in [0.2, 0.25) is 5.78 Å². The molecule has 13 nitrogen and oxygen atoms in total. The van der Waals surface area contributed by atoms with Crippen LogP contribution in [0, 0.1) is 11.8 Å². The Morgan fingerprint density at radius 2 is 1.86 bits per heavy atom. The number of benzene rings is 1. The first-order chi connectivity index (χ1) is 20.2. The van der Waals surface area contributed by atoms with Crippen LogP contribution in [0.15, 0.2) is 52.5 Å². The average Bonchev–Trinajstić information content (AvgIpc) is 3.40. The Hall–Kier alpha value is -4.46. The number of phenolic OH excluding ortho intramolecular Hbond substituents is 1. The van der Waals surface area contributed by atoms with Gasteiger partial charge in [-0.25, -0.2) is 4.79 Å². The lowest BCUT2D eigenvalue weighted by molar-refractivity contribution is -0.169. The van der Waals surface area contributed by atoms with Crippen LogP contribution >= 0.6 is 0 Å². The van der Waals surface area contributed by atoms with E-state index in [9.17, 15) is 44.7 Å². The second-order valence-corrected chi connectivity index (χ2v) is 11.4. The van der Waals surface area contributed by atoms with Crippen molar-refractivity contribution in [3.05, 3.63) is 63.6 Å². The van der Waals surface area contributed by atoms with Crippen LogP contribution in [0.1, 0.15) is 37.3 Å². The number of rotatable bonds is 6. The monoisotopic (exact) mass is 595 g/mol. The molecule has 0 aromatic heterocycles. The largest absolute Gasteiger partial charge is 0.508 e. The lowest BCUT2D eigenvalue weighted by atomic mass is 9.54. The van der Waals surface area contributed by atoms with Gasteiger partial charge in [0.05, 0.1) is 41.5 Å². The Kier molecular flexibility index (Phi) is 7.23. The SMILES string of the molecule is CCOC(=O)C1=CCC(Nc2ccc3c(c2O)C(O)=C2C(=O)[C@@]4(O)C(O)=C(C(N)=O)C(=O)[C@H](N(C)C)[C@H]4[C@H](O)[C@H]2[C@@H]3C)=C1. The van der Waals surface area contributed by atoms with Gasteiger partial charge in [-0.3, -0.25) is 19.3 Å². The molecule has 0 spiro atoms. The summed E-state index contributed by atoms with van der Waals surface area (Å²) in [6.45, 7) is 3.54. The number of likely N-dealkylation sites (N-methyl/N-ethyl adjacent to an activating group) is 1. The maximum Gasteiger partial charge on any atom is 0.337 e. The summed E-state index contributed by atoms with van der Waals surface area (Å²) in [6, 6.07) is 1.72. The topological polar surface area (TPSA) is 220 Å². The minimum atomic E-state index is -2.99. The van der Waals surface area contributed by atoms with Crippen LogP contribution in [0.5, 0.6) is 5.75 Å². The number of allylic oxidation sites excluding steroid dienone is 1. The Labute approximate surface area is 246 Å². The van der Waals surface area contributed by atoms with Gasteiger partial charge in [-0.15, -0.1) is 0 Å². The van der Waals surface area contributed by atoms with Gasteiger partial charge < -0.3 is 41.3 Å². The second-order valence-electron chi connectivity index (χ2n) is 11.4. The first kappa shape index (κ1) is 30.0. The van der Waals surface area contributed by atoms with E-state index in [1.54, 1.807) is 38.1 Å². The number of aliphatic hydroxyl groups is 4.